The first-order chi connectivity index (χ1) is 9.41. The molecule has 1 saturated heterocycles. The molecule has 110 valence electrons. The Balaban J connectivity index is 2.36. The quantitative estimate of drug-likeness (QED) is 0.929. The fourth-order valence-corrected chi connectivity index (χ4v) is 4.17. The third-order valence-electron chi connectivity index (χ3n) is 3.44. The lowest BCUT2D eigenvalue weighted by molar-refractivity contribution is -0.114. The number of anilines is 1. The number of nitrogens with one attached hydrogen (secondary N) is 1. The summed E-state index contributed by atoms with van der Waals surface area (Å²) in [6.45, 7) is 4.32. The maximum atomic E-state index is 12.7. The highest BCUT2D eigenvalue weighted by Crippen LogP contribution is 2.25. The maximum Gasteiger partial charge on any atom is 0.243 e. The van der Waals surface area contributed by atoms with Crippen LogP contribution in [0.15, 0.2) is 23.1 Å². The van der Waals surface area contributed by atoms with E-state index >= 15 is 0 Å². The van der Waals surface area contributed by atoms with Crippen LogP contribution in [0.1, 0.15) is 31.7 Å². The van der Waals surface area contributed by atoms with Gasteiger partial charge in [0.05, 0.1) is 4.90 Å². The Morgan fingerprint density at radius 2 is 1.85 bits per heavy atom. The molecule has 0 aromatic heterocycles. The van der Waals surface area contributed by atoms with Crippen molar-refractivity contribution in [3.8, 4) is 0 Å². The summed E-state index contributed by atoms with van der Waals surface area (Å²) in [5.74, 6) is -0.213. The number of aryl methyl sites for hydroxylation is 1. The van der Waals surface area contributed by atoms with Crippen LogP contribution in [-0.4, -0.2) is 31.7 Å². The lowest BCUT2D eigenvalue weighted by atomic mass is 10.2. The molecule has 0 spiro atoms. The van der Waals surface area contributed by atoms with E-state index < -0.39 is 10.0 Å². The van der Waals surface area contributed by atoms with E-state index in [1.165, 1.54) is 11.2 Å². The monoisotopic (exact) mass is 296 g/mol. The Labute approximate surface area is 120 Å². The molecule has 1 heterocycles. The van der Waals surface area contributed by atoms with Crippen molar-refractivity contribution >= 4 is 21.6 Å². The predicted molar refractivity (Wildman–Crippen MR) is 78.1 cm³/mol. The SMILES string of the molecule is CC(=O)Nc1ccc(C)c(S(=O)(=O)N2CCCCC2)c1. The van der Waals surface area contributed by atoms with E-state index in [0.29, 0.717) is 24.3 Å². The van der Waals surface area contributed by atoms with Crippen LogP contribution in [-0.2, 0) is 14.8 Å². The van der Waals surface area contributed by atoms with Crippen LogP contribution in [0, 0.1) is 6.92 Å². The Kier molecular flexibility index (Phi) is 4.45. The summed E-state index contributed by atoms with van der Waals surface area (Å²) in [6.07, 6.45) is 2.89. The molecule has 1 fully saturated rings. The van der Waals surface area contributed by atoms with Gasteiger partial charge >= 0.3 is 0 Å². The van der Waals surface area contributed by atoms with Crippen molar-refractivity contribution in [3.63, 3.8) is 0 Å². The molecule has 0 atom stereocenters. The minimum atomic E-state index is -3.47. The summed E-state index contributed by atoms with van der Waals surface area (Å²) in [5, 5.41) is 2.63. The number of rotatable bonds is 3. The van der Waals surface area contributed by atoms with E-state index in [0.717, 1.165) is 19.3 Å². The first-order valence-electron chi connectivity index (χ1n) is 6.79. The molecule has 1 N–H and O–H groups in total. The van der Waals surface area contributed by atoms with Crippen molar-refractivity contribution in [1.29, 1.82) is 0 Å². The van der Waals surface area contributed by atoms with Crippen LogP contribution in [0.5, 0.6) is 0 Å². The first kappa shape index (κ1) is 15.0. The highest BCUT2D eigenvalue weighted by molar-refractivity contribution is 7.89. The molecule has 0 unspecified atom stereocenters. The molecule has 1 aliphatic rings. The molecule has 20 heavy (non-hydrogen) atoms. The lowest BCUT2D eigenvalue weighted by Crippen LogP contribution is -2.36. The van der Waals surface area contributed by atoms with Crippen LogP contribution in [0.25, 0.3) is 0 Å². The van der Waals surface area contributed by atoms with E-state index in [9.17, 15) is 13.2 Å². The van der Waals surface area contributed by atoms with Gasteiger partial charge in [-0.15, -0.1) is 0 Å². The van der Waals surface area contributed by atoms with Crippen LogP contribution >= 0.6 is 0 Å². The largest absolute Gasteiger partial charge is 0.326 e. The Hall–Kier alpha value is -1.40. The van der Waals surface area contributed by atoms with Gasteiger partial charge in [-0.3, -0.25) is 4.79 Å². The van der Waals surface area contributed by atoms with Gasteiger partial charge in [-0.2, -0.15) is 4.31 Å². The average molecular weight is 296 g/mol. The number of carbonyl (C=O) groups excluding carboxylic acids is 1. The Bertz CT molecular complexity index is 605. The first-order valence-corrected chi connectivity index (χ1v) is 8.23. The second-order valence-corrected chi connectivity index (χ2v) is 7.03. The second-order valence-electron chi connectivity index (χ2n) is 5.13. The molecule has 6 heteroatoms. The number of nitrogens with zero attached hydrogens (tertiary/aromatic N) is 1. The minimum absolute atomic E-state index is 0.213. The van der Waals surface area contributed by atoms with Gasteiger partial charge in [0.1, 0.15) is 0 Å². The molecule has 0 bridgehead atoms. The van der Waals surface area contributed by atoms with Gasteiger partial charge in [0.2, 0.25) is 15.9 Å². The molecule has 1 aromatic rings. The zero-order valence-corrected chi connectivity index (χ0v) is 12.7. The van der Waals surface area contributed by atoms with E-state index in [-0.39, 0.29) is 10.8 Å². The Morgan fingerprint density at radius 1 is 1.20 bits per heavy atom. The maximum absolute atomic E-state index is 12.7. The number of sulfonamides is 1. The van der Waals surface area contributed by atoms with Gasteiger partial charge in [0.25, 0.3) is 0 Å². The van der Waals surface area contributed by atoms with Crippen molar-refractivity contribution in [2.75, 3.05) is 18.4 Å². The van der Waals surface area contributed by atoms with Crippen LogP contribution < -0.4 is 5.32 Å². The van der Waals surface area contributed by atoms with Crippen molar-refractivity contribution < 1.29 is 13.2 Å². The number of hydrogen-bond donors (Lipinski definition) is 1. The molecule has 0 aliphatic carbocycles. The number of carbonyl (C=O) groups is 1. The second kappa shape index (κ2) is 5.93. The number of hydrogen-bond acceptors (Lipinski definition) is 3. The standard InChI is InChI=1S/C14H20N2O3S/c1-11-6-7-13(15-12(2)17)10-14(11)20(18,19)16-8-4-3-5-9-16/h6-7,10H,3-5,8-9H2,1-2H3,(H,15,17). The number of amides is 1. The molecule has 5 nitrogen and oxygen atoms in total. The summed E-state index contributed by atoms with van der Waals surface area (Å²) in [5.41, 5.74) is 1.21. The van der Waals surface area contributed by atoms with E-state index in [1.54, 1.807) is 25.1 Å². The number of piperidine rings is 1. The molecule has 0 saturated carbocycles. The molecule has 1 aromatic carbocycles. The highest BCUT2D eigenvalue weighted by Gasteiger charge is 2.27. The third-order valence-corrected chi connectivity index (χ3v) is 5.48. The molecular weight excluding hydrogens is 276 g/mol. The van der Waals surface area contributed by atoms with Gasteiger partial charge in [0, 0.05) is 25.7 Å². The highest BCUT2D eigenvalue weighted by atomic mass is 32.2. The molecule has 1 aliphatic heterocycles. The zero-order chi connectivity index (χ0) is 14.8. The normalized spacial score (nSPS) is 16.9. The van der Waals surface area contributed by atoms with E-state index in [2.05, 4.69) is 5.32 Å². The third kappa shape index (κ3) is 3.19. The smallest absolute Gasteiger partial charge is 0.243 e. The lowest BCUT2D eigenvalue weighted by Gasteiger charge is -2.26. The minimum Gasteiger partial charge on any atom is -0.326 e. The van der Waals surface area contributed by atoms with Gasteiger partial charge in [0.15, 0.2) is 0 Å². The topological polar surface area (TPSA) is 66.5 Å². The van der Waals surface area contributed by atoms with Gasteiger partial charge in [-0.25, -0.2) is 8.42 Å². The zero-order valence-electron chi connectivity index (χ0n) is 11.8. The van der Waals surface area contributed by atoms with Gasteiger partial charge in [-0.1, -0.05) is 12.5 Å². The molecule has 1 amide bonds. The summed E-state index contributed by atoms with van der Waals surface area (Å²) in [4.78, 5) is 11.4. The number of benzene rings is 1. The van der Waals surface area contributed by atoms with Gasteiger partial charge < -0.3 is 5.32 Å². The van der Waals surface area contributed by atoms with E-state index in [1.807, 2.05) is 0 Å². The van der Waals surface area contributed by atoms with Crippen molar-refractivity contribution in [2.24, 2.45) is 0 Å². The van der Waals surface area contributed by atoms with Crippen molar-refractivity contribution in [1.82, 2.24) is 4.31 Å². The van der Waals surface area contributed by atoms with Crippen molar-refractivity contribution in [3.05, 3.63) is 23.8 Å². The van der Waals surface area contributed by atoms with Crippen LogP contribution in [0.4, 0.5) is 5.69 Å². The Morgan fingerprint density at radius 3 is 2.45 bits per heavy atom. The summed E-state index contributed by atoms with van der Waals surface area (Å²) in [7, 11) is -3.47. The molecule has 0 radical (unpaired) electrons. The van der Waals surface area contributed by atoms with Crippen LogP contribution in [0.3, 0.4) is 0 Å². The average Bonchev–Trinajstić information content (AvgIpc) is 2.41. The summed E-state index contributed by atoms with van der Waals surface area (Å²) < 4.78 is 26.9. The molecular formula is C14H20N2O3S. The molecule has 2 rings (SSSR count). The summed E-state index contributed by atoms with van der Waals surface area (Å²) >= 11 is 0. The van der Waals surface area contributed by atoms with E-state index in [4.69, 9.17) is 0 Å². The predicted octanol–water partition coefficient (Wildman–Crippen LogP) is 2.13. The fourth-order valence-electron chi connectivity index (χ4n) is 2.40. The fraction of sp³-hybridized carbons (Fsp3) is 0.500. The van der Waals surface area contributed by atoms with Gasteiger partial charge in [-0.05, 0) is 37.5 Å². The summed E-state index contributed by atoms with van der Waals surface area (Å²) in [6, 6.07) is 4.98. The van der Waals surface area contributed by atoms with Crippen molar-refractivity contribution in [2.45, 2.75) is 38.0 Å². The van der Waals surface area contributed by atoms with Crippen LogP contribution in [0.2, 0.25) is 0 Å².